The van der Waals surface area contributed by atoms with Crippen molar-refractivity contribution in [2.75, 3.05) is 0 Å². The smallest absolute Gasteiger partial charge is 0.490 e. The summed E-state index contributed by atoms with van der Waals surface area (Å²) >= 11 is 0. The average molecular weight is 439 g/mol. The van der Waals surface area contributed by atoms with Crippen molar-refractivity contribution >= 4 is 23.2 Å². The second-order valence-electron chi connectivity index (χ2n) is 7.19. The van der Waals surface area contributed by atoms with E-state index in [4.69, 9.17) is 4.74 Å². The lowest BCUT2D eigenvalue weighted by Crippen LogP contribution is -2.46. The molecule has 0 bridgehead atoms. The first-order valence-electron chi connectivity index (χ1n) is 9.28. The molecule has 1 N–H and O–H groups in total. The van der Waals surface area contributed by atoms with E-state index in [1.54, 1.807) is 24.5 Å². The van der Waals surface area contributed by atoms with Gasteiger partial charge in [0.1, 0.15) is 17.7 Å². The summed E-state index contributed by atoms with van der Waals surface area (Å²) in [5.74, 6) is 0.145. The molecule has 0 amide bonds. The summed E-state index contributed by atoms with van der Waals surface area (Å²) in [7, 11) is 0. The maximum atomic E-state index is 14.3. The van der Waals surface area contributed by atoms with Crippen LogP contribution in [-0.4, -0.2) is 23.4 Å². The molecule has 3 aromatic rings. The summed E-state index contributed by atoms with van der Waals surface area (Å²) in [6, 6.07) is 9.55. The lowest BCUT2D eigenvalue weighted by molar-refractivity contribution is -0.286. The molecule has 1 saturated carbocycles. The van der Waals surface area contributed by atoms with Crippen LogP contribution in [0.4, 0.5) is 13.2 Å². The van der Waals surface area contributed by atoms with Crippen LogP contribution in [-0.2, 0) is 6.54 Å². The van der Waals surface area contributed by atoms with Crippen LogP contribution in [0.25, 0.3) is 10.8 Å². The minimum atomic E-state index is -3.64. The summed E-state index contributed by atoms with van der Waals surface area (Å²) < 4.78 is 55.1. The van der Waals surface area contributed by atoms with Crippen molar-refractivity contribution in [2.24, 2.45) is 0 Å². The predicted octanol–water partition coefficient (Wildman–Crippen LogP) is 4.82. The molecule has 0 unspecified atom stereocenters. The molecule has 2 heterocycles. The summed E-state index contributed by atoms with van der Waals surface area (Å²) in [5.41, 5.74) is 0.617. The van der Waals surface area contributed by atoms with Crippen LogP contribution < -0.4 is 19.5 Å². The Hall–Kier alpha value is -2.71. The van der Waals surface area contributed by atoms with Gasteiger partial charge in [-0.25, -0.2) is 4.39 Å². The highest BCUT2D eigenvalue weighted by molar-refractivity contribution is 5.85. The Labute approximate surface area is 176 Å². The van der Waals surface area contributed by atoms with Crippen molar-refractivity contribution in [3.63, 3.8) is 0 Å². The Morgan fingerprint density at radius 1 is 1.10 bits per heavy atom. The number of rotatable bonds is 5. The molecular weight excluding hydrogens is 421 g/mol. The molecule has 0 saturated heterocycles. The number of ether oxygens (including phenoxy) is 3. The van der Waals surface area contributed by atoms with Gasteiger partial charge >= 0.3 is 6.29 Å². The minimum Gasteiger partial charge on any atom is -0.490 e. The van der Waals surface area contributed by atoms with Crippen LogP contribution in [0, 0.1) is 5.82 Å². The molecule has 1 fully saturated rings. The molecule has 1 aliphatic carbocycles. The van der Waals surface area contributed by atoms with Gasteiger partial charge in [0.15, 0.2) is 11.5 Å². The molecule has 2 aliphatic rings. The predicted molar refractivity (Wildman–Crippen MR) is 106 cm³/mol. The maximum absolute atomic E-state index is 14.3. The number of hydrogen-bond acceptors (Lipinski definition) is 5. The van der Waals surface area contributed by atoms with Gasteiger partial charge in [-0.2, -0.15) is 0 Å². The molecule has 1 aromatic heterocycles. The lowest BCUT2D eigenvalue weighted by atomic mass is 9.89. The zero-order chi connectivity index (χ0) is 20.0. The first-order chi connectivity index (χ1) is 14.0. The zero-order valence-electron chi connectivity index (χ0n) is 15.6. The molecule has 30 heavy (non-hydrogen) atoms. The minimum absolute atomic E-state index is 0. The second kappa shape index (κ2) is 7.85. The number of fused-ring (bicyclic) bond motifs is 2. The molecule has 0 radical (unpaired) electrons. The largest absolute Gasteiger partial charge is 0.586 e. The number of pyridine rings is 1. The first kappa shape index (κ1) is 20.6. The van der Waals surface area contributed by atoms with Gasteiger partial charge in [0.2, 0.25) is 0 Å². The molecule has 5 rings (SSSR count). The van der Waals surface area contributed by atoms with E-state index in [9.17, 15) is 13.2 Å². The van der Waals surface area contributed by atoms with E-state index in [1.165, 1.54) is 18.2 Å². The normalized spacial score (nSPS) is 21.0. The number of halogens is 4. The Balaban J connectivity index is 0.00000218. The molecule has 2 aromatic carbocycles. The van der Waals surface area contributed by atoms with Gasteiger partial charge in [-0.05, 0) is 48.6 Å². The molecular formula is C21H18ClF3N2O3. The number of nitrogens with one attached hydrogen (secondary N) is 1. The van der Waals surface area contributed by atoms with Gasteiger partial charge < -0.3 is 19.5 Å². The van der Waals surface area contributed by atoms with Gasteiger partial charge in [-0.15, -0.1) is 21.2 Å². The van der Waals surface area contributed by atoms with Crippen molar-refractivity contribution in [2.45, 2.75) is 37.8 Å². The fourth-order valence-corrected chi connectivity index (χ4v) is 3.66. The molecule has 9 heteroatoms. The Bertz CT molecular complexity index is 1080. The fraction of sp³-hybridized carbons (Fsp3) is 0.286. The highest BCUT2D eigenvalue weighted by Crippen LogP contribution is 2.43. The van der Waals surface area contributed by atoms with Crippen molar-refractivity contribution in [3.05, 3.63) is 60.2 Å². The highest BCUT2D eigenvalue weighted by Gasteiger charge is 2.43. The van der Waals surface area contributed by atoms with E-state index in [2.05, 4.69) is 19.8 Å². The number of alkyl halides is 2. The maximum Gasteiger partial charge on any atom is 0.586 e. The third-order valence-electron chi connectivity index (χ3n) is 5.21. The van der Waals surface area contributed by atoms with Gasteiger partial charge in [0.25, 0.3) is 0 Å². The SMILES string of the molecule is Cl.Fc1ccc2cnccc2c1CNC1CC(Oc2ccc3c(c2)OC(F)(F)O3)C1. The molecule has 0 spiro atoms. The summed E-state index contributed by atoms with van der Waals surface area (Å²) in [6.45, 7) is 0.406. The fourth-order valence-electron chi connectivity index (χ4n) is 3.66. The van der Waals surface area contributed by atoms with Crippen molar-refractivity contribution < 1.29 is 27.4 Å². The van der Waals surface area contributed by atoms with E-state index in [0.29, 0.717) is 17.9 Å². The van der Waals surface area contributed by atoms with Crippen molar-refractivity contribution in [1.29, 1.82) is 0 Å². The number of aromatic nitrogens is 1. The van der Waals surface area contributed by atoms with Crippen LogP contribution in [0.1, 0.15) is 18.4 Å². The van der Waals surface area contributed by atoms with Crippen LogP contribution in [0.15, 0.2) is 48.8 Å². The van der Waals surface area contributed by atoms with E-state index < -0.39 is 6.29 Å². The Morgan fingerprint density at radius 3 is 2.73 bits per heavy atom. The van der Waals surface area contributed by atoms with Crippen LogP contribution >= 0.6 is 12.4 Å². The first-order valence-corrected chi connectivity index (χ1v) is 9.28. The summed E-state index contributed by atoms with van der Waals surface area (Å²) in [4.78, 5) is 4.07. The Morgan fingerprint density at radius 2 is 1.90 bits per heavy atom. The summed E-state index contributed by atoms with van der Waals surface area (Å²) in [5, 5.41) is 5.09. The van der Waals surface area contributed by atoms with E-state index >= 15 is 0 Å². The Kier molecular flexibility index (Phi) is 5.38. The molecule has 1 aliphatic heterocycles. The van der Waals surface area contributed by atoms with E-state index in [0.717, 1.165) is 23.6 Å². The number of benzene rings is 2. The van der Waals surface area contributed by atoms with Gasteiger partial charge in [0.05, 0.1) is 0 Å². The van der Waals surface area contributed by atoms with Crippen LogP contribution in [0.3, 0.4) is 0 Å². The topological polar surface area (TPSA) is 52.6 Å². The average Bonchev–Trinajstić information content (AvgIpc) is 2.97. The van der Waals surface area contributed by atoms with Gasteiger partial charge in [-0.3, -0.25) is 4.98 Å². The lowest BCUT2D eigenvalue weighted by Gasteiger charge is -2.36. The second-order valence-corrected chi connectivity index (χ2v) is 7.19. The summed E-state index contributed by atoms with van der Waals surface area (Å²) in [6.07, 6.45) is 1.15. The standard InChI is InChI=1S/C21H17F3N2O3.ClH/c22-18-3-1-12-10-25-6-5-16(12)17(18)11-26-13-7-15(8-13)27-14-2-4-19-20(9-14)29-21(23,24)28-19;/h1-6,9-10,13,15,26H,7-8,11H2;1H. The molecule has 0 atom stereocenters. The van der Waals surface area contributed by atoms with Crippen molar-refractivity contribution in [3.8, 4) is 17.2 Å². The van der Waals surface area contributed by atoms with Gasteiger partial charge in [0, 0.05) is 42.0 Å². The zero-order valence-corrected chi connectivity index (χ0v) is 16.4. The van der Waals surface area contributed by atoms with Crippen LogP contribution in [0.2, 0.25) is 0 Å². The molecule has 158 valence electrons. The third-order valence-corrected chi connectivity index (χ3v) is 5.21. The van der Waals surface area contributed by atoms with Crippen LogP contribution in [0.5, 0.6) is 17.2 Å². The number of nitrogens with zero attached hydrogens (tertiary/aromatic N) is 1. The van der Waals surface area contributed by atoms with E-state index in [-0.39, 0.29) is 41.9 Å². The molecule has 5 nitrogen and oxygen atoms in total. The quantitative estimate of drug-likeness (QED) is 0.619. The van der Waals surface area contributed by atoms with E-state index in [1.807, 2.05) is 6.07 Å². The monoisotopic (exact) mass is 438 g/mol. The van der Waals surface area contributed by atoms with Crippen molar-refractivity contribution in [1.82, 2.24) is 10.3 Å². The van der Waals surface area contributed by atoms with Gasteiger partial charge in [-0.1, -0.05) is 0 Å². The third kappa shape index (κ3) is 3.97. The number of hydrogen-bond donors (Lipinski definition) is 1. The highest BCUT2D eigenvalue weighted by atomic mass is 35.5.